The Morgan fingerprint density at radius 1 is 1.24 bits per heavy atom. The monoisotopic (exact) mass is 402 g/mol. The highest BCUT2D eigenvalue weighted by Crippen LogP contribution is 2.13. The maximum atomic E-state index is 12.2. The van der Waals surface area contributed by atoms with Crippen LogP contribution in [0.4, 0.5) is 0 Å². The minimum atomic E-state index is -0.0556. The molecule has 25 heavy (non-hydrogen) atoms. The number of nitrogens with zero attached hydrogens (tertiary/aromatic N) is 1. The summed E-state index contributed by atoms with van der Waals surface area (Å²) in [6.45, 7) is 6.29. The first-order valence-electron chi connectivity index (χ1n) is 8.56. The number of halogens is 1. The van der Waals surface area contributed by atoms with Crippen LogP contribution in [0.1, 0.15) is 28.4 Å². The molecule has 3 rings (SSSR count). The molecule has 0 aromatic heterocycles. The summed E-state index contributed by atoms with van der Waals surface area (Å²) in [4.78, 5) is 14.6. The van der Waals surface area contributed by atoms with Crippen molar-refractivity contribution in [3.63, 3.8) is 0 Å². The van der Waals surface area contributed by atoms with E-state index in [4.69, 9.17) is 4.74 Å². The molecule has 1 amide bonds. The van der Waals surface area contributed by atoms with Crippen LogP contribution in [0.3, 0.4) is 0 Å². The van der Waals surface area contributed by atoms with E-state index in [2.05, 4.69) is 51.3 Å². The van der Waals surface area contributed by atoms with Gasteiger partial charge >= 0.3 is 0 Å². The number of nitrogens with one attached hydrogen (secondary N) is 1. The van der Waals surface area contributed by atoms with E-state index in [1.54, 1.807) is 0 Å². The van der Waals surface area contributed by atoms with E-state index < -0.39 is 0 Å². The molecule has 1 unspecified atom stereocenters. The first-order valence-corrected chi connectivity index (χ1v) is 9.35. The lowest BCUT2D eigenvalue weighted by atomic mass is 10.1. The molecule has 5 heteroatoms. The third-order valence-corrected chi connectivity index (χ3v) is 4.81. The Hall–Kier alpha value is -1.69. The SMILES string of the molecule is CC1CN(Cc2cccc(CNC(=O)c3ccc(Br)cc3)c2)CCO1. The normalized spacial score (nSPS) is 18.1. The Bertz CT molecular complexity index is 718. The summed E-state index contributed by atoms with van der Waals surface area (Å²) >= 11 is 3.38. The summed E-state index contributed by atoms with van der Waals surface area (Å²) in [6.07, 6.45) is 0.294. The highest BCUT2D eigenvalue weighted by atomic mass is 79.9. The predicted molar refractivity (Wildman–Crippen MR) is 102 cm³/mol. The summed E-state index contributed by atoms with van der Waals surface area (Å²) in [5.41, 5.74) is 3.05. The van der Waals surface area contributed by atoms with Crippen LogP contribution in [-0.2, 0) is 17.8 Å². The van der Waals surface area contributed by atoms with Crippen LogP contribution in [-0.4, -0.2) is 36.6 Å². The third kappa shape index (κ3) is 5.39. The first kappa shape index (κ1) is 18.1. The molecule has 0 aliphatic carbocycles. The lowest BCUT2D eigenvalue weighted by molar-refractivity contribution is -0.0212. The minimum Gasteiger partial charge on any atom is -0.376 e. The second-order valence-electron chi connectivity index (χ2n) is 6.43. The van der Waals surface area contributed by atoms with Crippen molar-refractivity contribution in [3.05, 3.63) is 69.7 Å². The molecule has 2 aromatic carbocycles. The van der Waals surface area contributed by atoms with E-state index in [1.165, 1.54) is 5.56 Å². The van der Waals surface area contributed by atoms with E-state index in [-0.39, 0.29) is 5.91 Å². The third-order valence-electron chi connectivity index (χ3n) is 4.28. The summed E-state index contributed by atoms with van der Waals surface area (Å²) in [5.74, 6) is -0.0556. The van der Waals surface area contributed by atoms with Crippen LogP contribution >= 0.6 is 15.9 Å². The topological polar surface area (TPSA) is 41.6 Å². The fraction of sp³-hybridized carbons (Fsp3) is 0.350. The molecule has 0 radical (unpaired) electrons. The van der Waals surface area contributed by atoms with Gasteiger partial charge in [0.25, 0.3) is 5.91 Å². The Morgan fingerprint density at radius 2 is 2.00 bits per heavy atom. The molecule has 1 N–H and O–H groups in total. The first-order chi connectivity index (χ1) is 12.1. The second-order valence-corrected chi connectivity index (χ2v) is 7.34. The number of hydrogen-bond donors (Lipinski definition) is 1. The number of amides is 1. The van der Waals surface area contributed by atoms with Gasteiger partial charge in [0.05, 0.1) is 12.7 Å². The van der Waals surface area contributed by atoms with Crippen LogP contribution in [0, 0.1) is 0 Å². The maximum Gasteiger partial charge on any atom is 0.251 e. The molecule has 1 heterocycles. The molecule has 4 nitrogen and oxygen atoms in total. The van der Waals surface area contributed by atoms with Gasteiger partial charge in [0.1, 0.15) is 0 Å². The standard InChI is InChI=1S/C20H23BrN2O2/c1-15-13-23(9-10-25-15)14-17-4-2-3-16(11-17)12-22-20(24)18-5-7-19(21)8-6-18/h2-8,11,15H,9-10,12-14H2,1H3,(H,22,24). The molecule has 132 valence electrons. The fourth-order valence-electron chi connectivity index (χ4n) is 3.02. The van der Waals surface area contributed by atoms with Crippen molar-refractivity contribution < 1.29 is 9.53 Å². The zero-order chi connectivity index (χ0) is 17.6. The van der Waals surface area contributed by atoms with Crippen molar-refractivity contribution in [2.75, 3.05) is 19.7 Å². The summed E-state index contributed by atoms with van der Waals surface area (Å²) in [6, 6.07) is 15.8. The zero-order valence-electron chi connectivity index (χ0n) is 14.4. The molecular formula is C20H23BrN2O2. The van der Waals surface area contributed by atoms with Crippen molar-refractivity contribution in [1.29, 1.82) is 0 Å². The van der Waals surface area contributed by atoms with Gasteiger partial charge in [0.2, 0.25) is 0 Å². The van der Waals surface area contributed by atoms with Crippen LogP contribution in [0.25, 0.3) is 0 Å². The Balaban J connectivity index is 1.56. The average Bonchev–Trinajstić information content (AvgIpc) is 2.61. The second kappa shape index (κ2) is 8.61. The minimum absolute atomic E-state index is 0.0556. The lowest BCUT2D eigenvalue weighted by Gasteiger charge is -2.31. The van der Waals surface area contributed by atoms with Crippen molar-refractivity contribution in [3.8, 4) is 0 Å². The lowest BCUT2D eigenvalue weighted by Crippen LogP contribution is -2.40. The van der Waals surface area contributed by atoms with Crippen LogP contribution in [0.2, 0.25) is 0 Å². The van der Waals surface area contributed by atoms with E-state index in [0.717, 1.165) is 36.3 Å². The zero-order valence-corrected chi connectivity index (χ0v) is 16.0. The van der Waals surface area contributed by atoms with Crippen molar-refractivity contribution in [2.24, 2.45) is 0 Å². The van der Waals surface area contributed by atoms with Crippen molar-refractivity contribution in [1.82, 2.24) is 10.2 Å². The molecule has 1 fully saturated rings. The van der Waals surface area contributed by atoms with E-state index >= 15 is 0 Å². The van der Waals surface area contributed by atoms with Crippen LogP contribution in [0.5, 0.6) is 0 Å². The Labute approximate surface area is 157 Å². The molecule has 0 spiro atoms. The van der Waals surface area contributed by atoms with Gasteiger partial charge in [0, 0.05) is 36.2 Å². The summed E-state index contributed by atoms with van der Waals surface area (Å²) < 4.78 is 6.56. The molecule has 1 atom stereocenters. The fourth-order valence-corrected chi connectivity index (χ4v) is 3.28. The summed E-state index contributed by atoms with van der Waals surface area (Å²) in [5, 5.41) is 2.98. The highest BCUT2D eigenvalue weighted by molar-refractivity contribution is 9.10. The molecule has 0 bridgehead atoms. The number of benzene rings is 2. The van der Waals surface area contributed by atoms with Crippen LogP contribution < -0.4 is 5.32 Å². The van der Waals surface area contributed by atoms with E-state index in [0.29, 0.717) is 18.2 Å². The predicted octanol–water partition coefficient (Wildman–Crippen LogP) is 3.60. The number of carbonyl (C=O) groups is 1. The van der Waals surface area contributed by atoms with E-state index in [1.807, 2.05) is 30.3 Å². The number of hydrogen-bond acceptors (Lipinski definition) is 3. The number of rotatable bonds is 5. The average molecular weight is 403 g/mol. The highest BCUT2D eigenvalue weighted by Gasteiger charge is 2.16. The molecular weight excluding hydrogens is 380 g/mol. The smallest absolute Gasteiger partial charge is 0.251 e. The van der Waals surface area contributed by atoms with Gasteiger partial charge in [-0.25, -0.2) is 0 Å². The van der Waals surface area contributed by atoms with Gasteiger partial charge in [-0.3, -0.25) is 9.69 Å². The molecule has 2 aromatic rings. The molecule has 0 saturated carbocycles. The van der Waals surface area contributed by atoms with Gasteiger partial charge in [-0.15, -0.1) is 0 Å². The van der Waals surface area contributed by atoms with Crippen LogP contribution in [0.15, 0.2) is 53.0 Å². The van der Waals surface area contributed by atoms with Crippen molar-refractivity contribution >= 4 is 21.8 Å². The number of carbonyl (C=O) groups excluding carboxylic acids is 1. The number of morpholine rings is 1. The van der Waals surface area contributed by atoms with E-state index in [9.17, 15) is 4.79 Å². The Kier molecular flexibility index (Phi) is 6.24. The molecule has 1 aliphatic rings. The maximum absolute atomic E-state index is 12.2. The van der Waals surface area contributed by atoms with Crippen molar-refractivity contribution in [2.45, 2.75) is 26.1 Å². The summed E-state index contributed by atoms with van der Waals surface area (Å²) in [7, 11) is 0. The van der Waals surface area contributed by atoms with Gasteiger partial charge < -0.3 is 10.1 Å². The number of ether oxygens (including phenoxy) is 1. The van der Waals surface area contributed by atoms with Gasteiger partial charge in [-0.05, 0) is 42.3 Å². The quantitative estimate of drug-likeness (QED) is 0.830. The molecule has 1 saturated heterocycles. The Morgan fingerprint density at radius 3 is 2.76 bits per heavy atom. The largest absolute Gasteiger partial charge is 0.376 e. The van der Waals surface area contributed by atoms with Gasteiger partial charge in [0.15, 0.2) is 0 Å². The van der Waals surface area contributed by atoms with Gasteiger partial charge in [-0.1, -0.05) is 40.2 Å². The van der Waals surface area contributed by atoms with Gasteiger partial charge in [-0.2, -0.15) is 0 Å². The molecule has 1 aliphatic heterocycles.